The van der Waals surface area contributed by atoms with Crippen molar-refractivity contribution in [2.75, 3.05) is 6.54 Å². The van der Waals surface area contributed by atoms with Crippen LogP contribution in [0.25, 0.3) is 5.57 Å². The molecule has 0 N–H and O–H groups in total. The molecule has 3 aromatic carbocycles. The van der Waals surface area contributed by atoms with Gasteiger partial charge in [-0.15, -0.1) is 0 Å². The summed E-state index contributed by atoms with van der Waals surface area (Å²) < 4.78 is 42.5. The SMILES string of the molecule is C=C(c1ccccc1)C1CN=C(c2ccc(F)c(Cl)c2)N1S(=O)(=O)c1ccc(C)cc1. The average Bonchev–Trinajstić information content (AvgIpc) is 3.22. The maximum Gasteiger partial charge on any atom is 0.266 e. The van der Waals surface area contributed by atoms with Crippen LogP contribution in [0.4, 0.5) is 4.39 Å². The molecule has 7 heteroatoms. The summed E-state index contributed by atoms with van der Waals surface area (Å²) in [5.74, 6) is -0.369. The van der Waals surface area contributed by atoms with Crippen molar-refractivity contribution in [1.82, 2.24) is 4.31 Å². The predicted octanol–water partition coefficient (Wildman–Crippen LogP) is 5.32. The number of hydrogen-bond donors (Lipinski definition) is 0. The first-order chi connectivity index (χ1) is 14.8. The van der Waals surface area contributed by atoms with Crippen molar-refractivity contribution in [1.29, 1.82) is 0 Å². The number of hydrogen-bond acceptors (Lipinski definition) is 3. The summed E-state index contributed by atoms with van der Waals surface area (Å²) >= 11 is 5.97. The molecule has 0 radical (unpaired) electrons. The highest BCUT2D eigenvalue weighted by atomic mass is 35.5. The van der Waals surface area contributed by atoms with Crippen molar-refractivity contribution >= 4 is 33.0 Å². The largest absolute Gasteiger partial charge is 0.266 e. The summed E-state index contributed by atoms with van der Waals surface area (Å²) in [5, 5.41) is -0.0989. The molecule has 1 unspecified atom stereocenters. The summed E-state index contributed by atoms with van der Waals surface area (Å²) in [6.45, 7) is 6.26. The van der Waals surface area contributed by atoms with E-state index in [4.69, 9.17) is 11.6 Å². The minimum absolute atomic E-state index is 0.0989. The lowest BCUT2D eigenvalue weighted by atomic mass is 10.0. The molecule has 4 rings (SSSR count). The summed E-state index contributed by atoms with van der Waals surface area (Å²) in [7, 11) is -3.97. The van der Waals surface area contributed by atoms with Gasteiger partial charge < -0.3 is 0 Å². The molecular formula is C24H20ClFN2O2S. The first kappa shape index (κ1) is 21.3. The van der Waals surface area contributed by atoms with Gasteiger partial charge in [-0.2, -0.15) is 0 Å². The highest BCUT2D eigenvalue weighted by molar-refractivity contribution is 7.89. The van der Waals surface area contributed by atoms with E-state index in [0.29, 0.717) is 11.1 Å². The average molecular weight is 455 g/mol. The third-order valence-corrected chi connectivity index (χ3v) is 7.31. The number of halogens is 2. The Hall–Kier alpha value is -2.96. The number of nitrogens with zero attached hydrogens (tertiary/aromatic N) is 2. The van der Waals surface area contributed by atoms with Gasteiger partial charge in [0.1, 0.15) is 11.7 Å². The molecule has 0 aliphatic carbocycles. The van der Waals surface area contributed by atoms with Gasteiger partial charge in [-0.25, -0.2) is 17.1 Å². The van der Waals surface area contributed by atoms with E-state index in [1.54, 1.807) is 24.3 Å². The molecular weight excluding hydrogens is 435 g/mol. The maximum absolute atomic E-state index is 13.7. The lowest BCUT2D eigenvalue weighted by molar-refractivity contribution is 0.509. The third-order valence-electron chi connectivity index (χ3n) is 5.21. The second kappa shape index (κ2) is 8.29. The van der Waals surface area contributed by atoms with E-state index < -0.39 is 21.9 Å². The third kappa shape index (κ3) is 4.01. The first-order valence-corrected chi connectivity index (χ1v) is 11.5. The van der Waals surface area contributed by atoms with E-state index >= 15 is 0 Å². The fraction of sp³-hybridized carbons (Fsp3) is 0.125. The van der Waals surface area contributed by atoms with Crippen LogP contribution < -0.4 is 0 Å². The van der Waals surface area contributed by atoms with Gasteiger partial charge >= 0.3 is 0 Å². The smallest absolute Gasteiger partial charge is 0.265 e. The number of amidine groups is 1. The number of aryl methyl sites for hydroxylation is 1. The van der Waals surface area contributed by atoms with Gasteiger partial charge in [0.25, 0.3) is 10.0 Å². The quantitative estimate of drug-likeness (QED) is 0.523. The second-order valence-corrected chi connectivity index (χ2v) is 9.54. The van der Waals surface area contributed by atoms with Gasteiger partial charge in [-0.05, 0) is 48.4 Å². The fourth-order valence-corrected chi connectivity index (χ4v) is 5.33. The number of aliphatic imine (C=N–C) groups is 1. The molecule has 0 spiro atoms. The molecule has 0 saturated heterocycles. The van der Waals surface area contributed by atoms with Gasteiger partial charge in [-0.1, -0.05) is 66.2 Å². The van der Waals surface area contributed by atoms with Crippen LogP contribution >= 0.6 is 11.6 Å². The highest BCUT2D eigenvalue weighted by Crippen LogP contribution is 2.33. The Morgan fingerprint density at radius 2 is 1.77 bits per heavy atom. The van der Waals surface area contributed by atoms with E-state index in [2.05, 4.69) is 11.6 Å². The van der Waals surface area contributed by atoms with Crippen LogP contribution in [0, 0.1) is 12.7 Å². The molecule has 1 atom stereocenters. The standard InChI is InChI=1S/C24H20ClFN2O2S/c1-16-8-11-20(12-9-16)31(29,30)28-23(17(2)18-6-4-3-5-7-18)15-27-24(28)19-10-13-22(26)21(25)14-19/h3-14,23H,2,15H2,1H3. The molecule has 0 bridgehead atoms. The van der Waals surface area contributed by atoms with Crippen molar-refractivity contribution in [3.05, 3.63) is 107 Å². The van der Waals surface area contributed by atoms with Crippen LogP contribution in [0.15, 0.2) is 89.3 Å². The van der Waals surface area contributed by atoms with Crippen LogP contribution in [0.1, 0.15) is 16.7 Å². The predicted molar refractivity (Wildman–Crippen MR) is 122 cm³/mol. The molecule has 158 valence electrons. The zero-order valence-corrected chi connectivity index (χ0v) is 18.4. The Balaban J connectivity index is 1.83. The molecule has 0 fully saturated rings. The van der Waals surface area contributed by atoms with E-state index in [1.165, 1.54) is 22.5 Å². The Labute approximate surface area is 186 Å². The summed E-state index contributed by atoms with van der Waals surface area (Å²) in [6.07, 6.45) is 0. The zero-order chi connectivity index (χ0) is 22.2. The number of sulfonamides is 1. The van der Waals surface area contributed by atoms with Gasteiger partial charge in [0.15, 0.2) is 0 Å². The summed E-state index contributed by atoms with van der Waals surface area (Å²) in [6, 6.07) is 19.5. The molecule has 4 nitrogen and oxygen atoms in total. The fourth-order valence-electron chi connectivity index (χ4n) is 3.52. The zero-order valence-electron chi connectivity index (χ0n) is 16.8. The Kier molecular flexibility index (Phi) is 5.69. The van der Waals surface area contributed by atoms with Crippen LogP contribution in [0.5, 0.6) is 0 Å². The molecule has 1 aliphatic heterocycles. The molecule has 1 heterocycles. The second-order valence-electron chi connectivity index (χ2n) is 7.31. The topological polar surface area (TPSA) is 49.7 Å². The molecule has 1 aliphatic rings. The molecule has 0 aromatic heterocycles. The van der Waals surface area contributed by atoms with Crippen LogP contribution in [-0.4, -0.2) is 31.1 Å². The van der Waals surface area contributed by atoms with E-state index in [9.17, 15) is 12.8 Å². The Morgan fingerprint density at radius 1 is 1.10 bits per heavy atom. The maximum atomic E-state index is 13.7. The minimum Gasteiger partial charge on any atom is -0.265 e. The van der Waals surface area contributed by atoms with Crippen molar-refractivity contribution in [2.45, 2.75) is 17.9 Å². The molecule has 0 amide bonds. The molecule has 31 heavy (non-hydrogen) atoms. The van der Waals surface area contributed by atoms with Gasteiger partial charge in [0, 0.05) is 5.56 Å². The van der Waals surface area contributed by atoms with Gasteiger partial charge in [0.05, 0.1) is 22.5 Å². The minimum atomic E-state index is -3.97. The number of benzene rings is 3. The summed E-state index contributed by atoms with van der Waals surface area (Å²) in [5.41, 5.74) is 2.82. The lowest BCUT2D eigenvalue weighted by Gasteiger charge is -2.29. The van der Waals surface area contributed by atoms with E-state index in [1.807, 2.05) is 37.3 Å². The lowest BCUT2D eigenvalue weighted by Crippen LogP contribution is -2.42. The summed E-state index contributed by atoms with van der Waals surface area (Å²) in [4.78, 5) is 4.66. The van der Waals surface area contributed by atoms with E-state index in [0.717, 1.165) is 11.1 Å². The van der Waals surface area contributed by atoms with Gasteiger partial charge in [0.2, 0.25) is 0 Å². The monoisotopic (exact) mass is 454 g/mol. The van der Waals surface area contributed by atoms with Crippen molar-refractivity contribution in [2.24, 2.45) is 4.99 Å². The number of rotatable bonds is 5. The molecule has 0 saturated carbocycles. The van der Waals surface area contributed by atoms with Crippen LogP contribution in [0.2, 0.25) is 5.02 Å². The normalized spacial score (nSPS) is 16.3. The Morgan fingerprint density at radius 3 is 2.42 bits per heavy atom. The molecule has 3 aromatic rings. The van der Waals surface area contributed by atoms with Crippen LogP contribution in [-0.2, 0) is 10.0 Å². The Bertz CT molecular complexity index is 1270. The van der Waals surface area contributed by atoms with Crippen molar-refractivity contribution in [3.63, 3.8) is 0 Å². The van der Waals surface area contributed by atoms with Gasteiger partial charge in [-0.3, -0.25) is 4.99 Å². The highest BCUT2D eigenvalue weighted by Gasteiger charge is 2.40. The first-order valence-electron chi connectivity index (χ1n) is 9.64. The van der Waals surface area contributed by atoms with E-state index in [-0.39, 0.29) is 22.3 Å². The van der Waals surface area contributed by atoms with Crippen molar-refractivity contribution < 1.29 is 12.8 Å². The van der Waals surface area contributed by atoms with Crippen LogP contribution in [0.3, 0.4) is 0 Å². The van der Waals surface area contributed by atoms with Crippen molar-refractivity contribution in [3.8, 4) is 0 Å².